The molecule has 2 aliphatic heterocycles. The number of hydrogen-bond acceptors (Lipinski definition) is 3. The standard InChI is InChI=1S/C20H18F2N2O2S/c1-2-23(12-13-14(21)6-5-7-15(13)22)19(26)20-11-10-18(25)24(20)16-8-3-4-9-17(16)27-20/h3-9H,2,10-12H2,1H3/t20-/m0/s1. The van der Waals surface area contributed by atoms with Gasteiger partial charge in [0.05, 0.1) is 12.2 Å². The van der Waals surface area contributed by atoms with Crippen molar-refractivity contribution in [3.63, 3.8) is 0 Å². The van der Waals surface area contributed by atoms with E-state index in [4.69, 9.17) is 0 Å². The molecule has 2 heterocycles. The highest BCUT2D eigenvalue weighted by molar-refractivity contribution is 8.02. The quantitative estimate of drug-likeness (QED) is 0.797. The van der Waals surface area contributed by atoms with E-state index in [-0.39, 0.29) is 36.9 Å². The fourth-order valence-electron chi connectivity index (χ4n) is 3.73. The number of carbonyl (C=O) groups excluding carboxylic acids is 2. The van der Waals surface area contributed by atoms with E-state index in [1.165, 1.54) is 34.9 Å². The van der Waals surface area contributed by atoms with Crippen LogP contribution in [0.2, 0.25) is 0 Å². The second-order valence-corrected chi connectivity index (χ2v) is 7.92. The minimum atomic E-state index is -1.07. The minimum absolute atomic E-state index is 0.103. The van der Waals surface area contributed by atoms with Crippen LogP contribution in [0.15, 0.2) is 47.4 Å². The van der Waals surface area contributed by atoms with Crippen molar-refractivity contribution in [1.29, 1.82) is 0 Å². The summed E-state index contributed by atoms with van der Waals surface area (Å²) in [6.07, 6.45) is 0.652. The fraction of sp³-hybridized carbons (Fsp3) is 0.300. The number of carbonyl (C=O) groups is 2. The van der Waals surface area contributed by atoms with Gasteiger partial charge in [-0.2, -0.15) is 0 Å². The van der Waals surface area contributed by atoms with Crippen molar-refractivity contribution in [2.24, 2.45) is 0 Å². The number of halogens is 2. The molecule has 0 spiro atoms. The predicted octanol–water partition coefficient (Wildman–Crippen LogP) is 3.94. The zero-order chi connectivity index (χ0) is 19.2. The van der Waals surface area contributed by atoms with Gasteiger partial charge in [-0.25, -0.2) is 8.78 Å². The molecular formula is C20H18F2N2O2S. The average Bonchev–Trinajstić information content (AvgIpc) is 3.17. The summed E-state index contributed by atoms with van der Waals surface area (Å²) in [5.41, 5.74) is 0.590. The number of anilines is 1. The van der Waals surface area contributed by atoms with E-state index in [0.717, 1.165) is 10.6 Å². The second-order valence-electron chi connectivity index (χ2n) is 6.60. The van der Waals surface area contributed by atoms with Crippen LogP contribution in [0.5, 0.6) is 0 Å². The van der Waals surface area contributed by atoms with Gasteiger partial charge in [0.1, 0.15) is 11.6 Å². The van der Waals surface area contributed by atoms with Gasteiger partial charge in [-0.1, -0.05) is 30.0 Å². The van der Waals surface area contributed by atoms with Crippen molar-refractivity contribution in [2.75, 3.05) is 11.4 Å². The van der Waals surface area contributed by atoms with Crippen LogP contribution in [0.4, 0.5) is 14.5 Å². The van der Waals surface area contributed by atoms with Crippen LogP contribution in [0, 0.1) is 11.6 Å². The molecule has 0 N–H and O–H groups in total. The van der Waals surface area contributed by atoms with E-state index in [1.807, 2.05) is 24.3 Å². The summed E-state index contributed by atoms with van der Waals surface area (Å²) >= 11 is 1.36. The molecule has 2 aromatic rings. The maximum absolute atomic E-state index is 14.1. The Morgan fingerprint density at radius 1 is 1.19 bits per heavy atom. The molecule has 0 aromatic heterocycles. The molecule has 1 fully saturated rings. The van der Waals surface area contributed by atoms with Crippen LogP contribution in [0.1, 0.15) is 25.3 Å². The molecule has 1 saturated heterocycles. The topological polar surface area (TPSA) is 40.6 Å². The fourth-order valence-corrected chi connectivity index (χ4v) is 5.22. The van der Waals surface area contributed by atoms with Gasteiger partial charge in [-0.05, 0) is 37.6 Å². The number of fused-ring (bicyclic) bond motifs is 3. The van der Waals surface area contributed by atoms with Gasteiger partial charge in [0.2, 0.25) is 5.91 Å². The summed E-state index contributed by atoms with van der Waals surface area (Å²) in [5, 5.41) is 0. The molecule has 27 heavy (non-hydrogen) atoms. The van der Waals surface area contributed by atoms with Crippen molar-refractivity contribution >= 4 is 29.3 Å². The Hall–Kier alpha value is -2.41. The summed E-state index contributed by atoms with van der Waals surface area (Å²) < 4.78 is 28.2. The molecule has 4 nitrogen and oxygen atoms in total. The third-order valence-electron chi connectivity index (χ3n) is 5.09. The van der Waals surface area contributed by atoms with Crippen molar-refractivity contribution < 1.29 is 18.4 Å². The van der Waals surface area contributed by atoms with Gasteiger partial charge in [0, 0.05) is 23.4 Å². The first kappa shape index (κ1) is 18.0. The van der Waals surface area contributed by atoms with Crippen LogP contribution in [0.25, 0.3) is 0 Å². The SMILES string of the molecule is CCN(Cc1c(F)cccc1F)C(=O)[C@@]12CCC(=O)N1c1ccccc1S2. The summed E-state index contributed by atoms with van der Waals surface area (Å²) in [6.45, 7) is 1.88. The highest BCUT2D eigenvalue weighted by Crippen LogP contribution is 2.56. The smallest absolute Gasteiger partial charge is 0.260 e. The highest BCUT2D eigenvalue weighted by Gasteiger charge is 2.58. The van der Waals surface area contributed by atoms with Crippen LogP contribution in [-0.2, 0) is 16.1 Å². The molecule has 2 amide bonds. The Kier molecular flexibility index (Phi) is 4.42. The zero-order valence-electron chi connectivity index (χ0n) is 14.7. The van der Waals surface area contributed by atoms with Gasteiger partial charge in [0.15, 0.2) is 4.87 Å². The van der Waals surface area contributed by atoms with Gasteiger partial charge in [-0.3, -0.25) is 14.5 Å². The van der Waals surface area contributed by atoms with E-state index in [0.29, 0.717) is 6.42 Å². The number of benzene rings is 2. The lowest BCUT2D eigenvalue weighted by Gasteiger charge is -2.35. The lowest BCUT2D eigenvalue weighted by molar-refractivity contribution is -0.134. The molecule has 0 radical (unpaired) electrons. The molecule has 0 bridgehead atoms. The van der Waals surface area contributed by atoms with Crippen molar-refractivity contribution in [3.05, 3.63) is 59.7 Å². The predicted molar refractivity (Wildman–Crippen MR) is 99.2 cm³/mol. The van der Waals surface area contributed by atoms with E-state index in [2.05, 4.69) is 0 Å². The number of hydrogen-bond donors (Lipinski definition) is 0. The van der Waals surface area contributed by atoms with Gasteiger partial charge < -0.3 is 4.90 Å². The van der Waals surface area contributed by atoms with E-state index in [9.17, 15) is 18.4 Å². The Labute approximate surface area is 160 Å². The highest BCUT2D eigenvalue weighted by atomic mass is 32.2. The molecule has 2 aliphatic rings. The molecule has 0 aliphatic carbocycles. The first-order valence-corrected chi connectivity index (χ1v) is 9.63. The normalized spacial score (nSPS) is 20.6. The molecule has 0 saturated carbocycles. The lowest BCUT2D eigenvalue weighted by Crippen LogP contribution is -2.53. The molecule has 2 aromatic carbocycles. The summed E-state index contributed by atoms with van der Waals surface area (Å²) in [6, 6.07) is 11.1. The molecule has 0 unspecified atom stereocenters. The number of nitrogens with zero attached hydrogens (tertiary/aromatic N) is 2. The number of thioether (sulfide) groups is 1. The van der Waals surface area contributed by atoms with Crippen molar-refractivity contribution in [1.82, 2.24) is 4.90 Å². The van der Waals surface area contributed by atoms with Gasteiger partial charge >= 0.3 is 0 Å². The van der Waals surface area contributed by atoms with Crippen LogP contribution >= 0.6 is 11.8 Å². The summed E-state index contributed by atoms with van der Waals surface area (Å²) in [5.74, 6) is -1.76. The van der Waals surface area contributed by atoms with Gasteiger partial charge in [0.25, 0.3) is 5.91 Å². The van der Waals surface area contributed by atoms with E-state index >= 15 is 0 Å². The zero-order valence-corrected chi connectivity index (χ0v) is 15.6. The van der Waals surface area contributed by atoms with Crippen molar-refractivity contribution in [3.8, 4) is 0 Å². The maximum Gasteiger partial charge on any atom is 0.260 e. The van der Waals surface area contributed by atoms with Crippen LogP contribution in [0.3, 0.4) is 0 Å². The van der Waals surface area contributed by atoms with Crippen LogP contribution in [-0.4, -0.2) is 28.1 Å². The number of likely N-dealkylation sites (N-methyl/N-ethyl adjacent to an activating group) is 1. The van der Waals surface area contributed by atoms with Gasteiger partial charge in [-0.15, -0.1) is 0 Å². The van der Waals surface area contributed by atoms with E-state index < -0.39 is 16.5 Å². The Morgan fingerprint density at radius 3 is 2.59 bits per heavy atom. The maximum atomic E-state index is 14.1. The molecule has 4 rings (SSSR count). The number of amides is 2. The first-order chi connectivity index (χ1) is 13.0. The van der Waals surface area contributed by atoms with Crippen LogP contribution < -0.4 is 4.90 Å². The lowest BCUT2D eigenvalue weighted by atomic mass is 10.1. The third kappa shape index (κ3) is 2.72. The number of rotatable bonds is 4. The third-order valence-corrected chi connectivity index (χ3v) is 6.55. The second kappa shape index (κ2) is 6.64. The minimum Gasteiger partial charge on any atom is -0.336 e. The number of para-hydroxylation sites is 1. The van der Waals surface area contributed by atoms with E-state index in [1.54, 1.807) is 11.8 Å². The average molecular weight is 388 g/mol. The molecule has 140 valence electrons. The Balaban J connectivity index is 1.69. The summed E-state index contributed by atoms with van der Waals surface area (Å²) in [7, 11) is 0. The Morgan fingerprint density at radius 2 is 1.89 bits per heavy atom. The molecule has 1 atom stereocenters. The first-order valence-electron chi connectivity index (χ1n) is 8.81. The van der Waals surface area contributed by atoms with Crippen molar-refractivity contribution in [2.45, 2.75) is 36.1 Å². The summed E-state index contributed by atoms with van der Waals surface area (Å²) in [4.78, 5) is 28.8. The molecule has 7 heteroatoms. The Bertz CT molecular complexity index is 916. The monoisotopic (exact) mass is 388 g/mol. The largest absolute Gasteiger partial charge is 0.336 e. The molecular weight excluding hydrogens is 370 g/mol.